The lowest BCUT2D eigenvalue weighted by Crippen LogP contribution is -2.18. The minimum absolute atomic E-state index is 0.881. The summed E-state index contributed by atoms with van der Waals surface area (Å²) < 4.78 is 0. The van der Waals surface area contributed by atoms with Crippen molar-refractivity contribution in [2.24, 2.45) is 0 Å². The van der Waals surface area contributed by atoms with Crippen LogP contribution in [0.4, 0.5) is 5.69 Å². The molecular formula is C18H19N. The van der Waals surface area contributed by atoms with Gasteiger partial charge in [0.05, 0.1) is 5.69 Å². The van der Waals surface area contributed by atoms with Gasteiger partial charge in [0.2, 0.25) is 0 Å². The van der Waals surface area contributed by atoms with Crippen LogP contribution in [0.5, 0.6) is 0 Å². The van der Waals surface area contributed by atoms with Crippen LogP contribution < -0.4 is 4.90 Å². The second kappa shape index (κ2) is 5.57. The van der Waals surface area contributed by atoms with Crippen molar-refractivity contribution >= 4 is 16.5 Å². The maximum absolute atomic E-state index is 4.09. The van der Waals surface area contributed by atoms with E-state index in [0.717, 1.165) is 17.1 Å². The van der Waals surface area contributed by atoms with Crippen molar-refractivity contribution < 1.29 is 0 Å². The van der Waals surface area contributed by atoms with Crippen molar-refractivity contribution in [3.63, 3.8) is 0 Å². The first-order valence-corrected chi connectivity index (χ1v) is 6.41. The third kappa shape index (κ3) is 2.45. The van der Waals surface area contributed by atoms with Crippen LogP contribution in [0, 0.1) is 0 Å². The molecule has 0 aliphatic carbocycles. The smallest absolute Gasteiger partial charge is 0.0536 e. The molecule has 0 saturated heterocycles. The van der Waals surface area contributed by atoms with Gasteiger partial charge in [0.15, 0.2) is 0 Å². The van der Waals surface area contributed by atoms with Crippen LogP contribution >= 0.6 is 0 Å². The van der Waals surface area contributed by atoms with Crippen molar-refractivity contribution in [1.29, 1.82) is 0 Å². The maximum Gasteiger partial charge on any atom is 0.0536 e. The Kier molecular flexibility index (Phi) is 3.86. The van der Waals surface area contributed by atoms with Gasteiger partial charge in [0.1, 0.15) is 0 Å². The first-order chi connectivity index (χ1) is 9.19. The lowest BCUT2D eigenvalue weighted by Gasteiger charge is -2.27. The fraction of sp³-hybridized carbons (Fsp3) is 0.111. The summed E-state index contributed by atoms with van der Waals surface area (Å²) >= 11 is 0. The van der Waals surface area contributed by atoms with Crippen molar-refractivity contribution in [3.8, 4) is 0 Å². The molecule has 0 spiro atoms. The Morgan fingerprint density at radius 1 is 1.11 bits per heavy atom. The molecule has 1 heteroatoms. The number of rotatable bonds is 4. The minimum atomic E-state index is 0.881. The van der Waals surface area contributed by atoms with E-state index >= 15 is 0 Å². The zero-order chi connectivity index (χ0) is 13.8. The fourth-order valence-electron chi connectivity index (χ4n) is 2.19. The molecule has 19 heavy (non-hydrogen) atoms. The van der Waals surface area contributed by atoms with Crippen molar-refractivity contribution in [2.75, 3.05) is 4.90 Å². The Hall–Kier alpha value is -2.28. The predicted molar refractivity (Wildman–Crippen MR) is 85.2 cm³/mol. The van der Waals surface area contributed by atoms with Crippen molar-refractivity contribution in [1.82, 2.24) is 0 Å². The Morgan fingerprint density at radius 3 is 2.47 bits per heavy atom. The molecule has 96 valence electrons. The lowest BCUT2D eigenvalue weighted by atomic mass is 10.1. The number of fused-ring (bicyclic) bond motifs is 1. The van der Waals surface area contributed by atoms with Gasteiger partial charge in [0, 0.05) is 16.8 Å². The predicted octanol–water partition coefficient (Wildman–Crippen LogP) is 5.27. The number of benzene rings is 2. The molecule has 0 N–H and O–H groups in total. The van der Waals surface area contributed by atoms with E-state index in [-0.39, 0.29) is 0 Å². The minimum Gasteiger partial charge on any atom is -0.315 e. The Morgan fingerprint density at radius 2 is 1.79 bits per heavy atom. The molecule has 0 unspecified atom stereocenters. The van der Waals surface area contributed by atoms with Gasteiger partial charge in [-0.15, -0.1) is 0 Å². The molecule has 0 aromatic heterocycles. The molecule has 0 aliphatic rings. The first kappa shape index (κ1) is 13.2. The number of anilines is 1. The first-order valence-electron chi connectivity index (χ1n) is 6.41. The summed E-state index contributed by atoms with van der Waals surface area (Å²) in [6, 6.07) is 14.7. The molecule has 0 amide bonds. The standard InChI is InChI=1S/C18H19N/c1-5-14(3)19(15(4)6-2)18-13-9-11-16-10-7-8-12-17(16)18/h5-13H,1,3H2,2,4H3/b15-6+. The molecule has 2 aromatic rings. The molecule has 0 bridgehead atoms. The van der Waals surface area contributed by atoms with Crippen LogP contribution in [-0.2, 0) is 0 Å². The van der Waals surface area contributed by atoms with E-state index in [1.165, 1.54) is 10.8 Å². The van der Waals surface area contributed by atoms with Gasteiger partial charge in [-0.2, -0.15) is 0 Å². The molecule has 2 aromatic carbocycles. The second-order valence-electron chi connectivity index (χ2n) is 4.46. The van der Waals surface area contributed by atoms with E-state index < -0.39 is 0 Å². The number of allylic oxidation sites excluding steroid dienone is 3. The van der Waals surface area contributed by atoms with Crippen molar-refractivity contribution in [2.45, 2.75) is 13.8 Å². The highest BCUT2D eigenvalue weighted by atomic mass is 15.1. The van der Waals surface area contributed by atoms with Crippen LogP contribution in [0.3, 0.4) is 0 Å². The zero-order valence-electron chi connectivity index (χ0n) is 11.6. The summed E-state index contributed by atoms with van der Waals surface area (Å²) in [6.45, 7) is 12.0. The highest BCUT2D eigenvalue weighted by Gasteiger charge is 2.12. The third-order valence-electron chi connectivity index (χ3n) is 3.30. The molecule has 2 rings (SSSR count). The monoisotopic (exact) mass is 249 g/mol. The summed E-state index contributed by atoms with van der Waals surface area (Å²) in [6.07, 6.45) is 3.87. The van der Waals surface area contributed by atoms with E-state index in [4.69, 9.17) is 0 Å². The summed E-state index contributed by atoms with van der Waals surface area (Å²) in [7, 11) is 0. The largest absolute Gasteiger partial charge is 0.315 e. The fourth-order valence-corrected chi connectivity index (χ4v) is 2.19. The Balaban J connectivity index is 2.69. The van der Waals surface area contributed by atoms with Gasteiger partial charge in [0.25, 0.3) is 0 Å². The summed E-state index contributed by atoms with van der Waals surface area (Å²) in [5.74, 6) is 0. The lowest BCUT2D eigenvalue weighted by molar-refractivity contribution is 1.11. The number of hydrogen-bond acceptors (Lipinski definition) is 1. The van der Waals surface area contributed by atoms with Gasteiger partial charge in [-0.1, -0.05) is 55.6 Å². The molecule has 0 heterocycles. The maximum atomic E-state index is 4.09. The Labute approximate surface area is 115 Å². The summed E-state index contributed by atoms with van der Waals surface area (Å²) in [5, 5.41) is 2.44. The highest BCUT2D eigenvalue weighted by Crippen LogP contribution is 2.31. The quantitative estimate of drug-likeness (QED) is 0.667. The van der Waals surface area contributed by atoms with Crippen LogP contribution in [-0.4, -0.2) is 0 Å². The van der Waals surface area contributed by atoms with E-state index in [1.54, 1.807) is 6.08 Å². The van der Waals surface area contributed by atoms with Crippen molar-refractivity contribution in [3.05, 3.63) is 79.2 Å². The number of hydrogen-bond donors (Lipinski definition) is 0. The molecular weight excluding hydrogens is 230 g/mol. The van der Waals surface area contributed by atoms with Crippen LogP contribution in [0.2, 0.25) is 0 Å². The molecule has 0 aliphatic heterocycles. The normalized spacial score (nSPS) is 11.4. The van der Waals surface area contributed by atoms with E-state index in [9.17, 15) is 0 Å². The van der Waals surface area contributed by atoms with Crippen LogP contribution in [0.25, 0.3) is 10.8 Å². The zero-order valence-corrected chi connectivity index (χ0v) is 11.6. The van der Waals surface area contributed by atoms with E-state index in [0.29, 0.717) is 0 Å². The van der Waals surface area contributed by atoms with E-state index in [2.05, 4.69) is 73.5 Å². The summed E-state index contributed by atoms with van der Waals surface area (Å²) in [5.41, 5.74) is 3.16. The molecule has 0 atom stereocenters. The molecule has 0 fully saturated rings. The van der Waals surface area contributed by atoms with E-state index in [1.807, 2.05) is 6.92 Å². The topological polar surface area (TPSA) is 3.24 Å². The van der Waals surface area contributed by atoms with Crippen LogP contribution in [0.15, 0.2) is 79.2 Å². The summed E-state index contributed by atoms with van der Waals surface area (Å²) in [4.78, 5) is 2.13. The van der Waals surface area contributed by atoms with Gasteiger partial charge in [-0.3, -0.25) is 0 Å². The highest BCUT2D eigenvalue weighted by molar-refractivity contribution is 5.95. The molecule has 0 radical (unpaired) electrons. The van der Waals surface area contributed by atoms with Gasteiger partial charge in [-0.05, 0) is 31.4 Å². The molecule has 0 saturated carbocycles. The average Bonchev–Trinajstić information content (AvgIpc) is 2.47. The van der Waals surface area contributed by atoms with Gasteiger partial charge < -0.3 is 4.90 Å². The molecule has 1 nitrogen and oxygen atoms in total. The second-order valence-corrected chi connectivity index (χ2v) is 4.46. The van der Waals surface area contributed by atoms with Gasteiger partial charge >= 0.3 is 0 Å². The average molecular weight is 249 g/mol. The van der Waals surface area contributed by atoms with Gasteiger partial charge in [-0.25, -0.2) is 0 Å². The third-order valence-corrected chi connectivity index (χ3v) is 3.30. The van der Waals surface area contributed by atoms with Crippen LogP contribution in [0.1, 0.15) is 13.8 Å². The number of nitrogens with zero attached hydrogens (tertiary/aromatic N) is 1. The SMILES string of the molecule is C=CC(=C)N(/C(C)=C/C)c1cccc2ccccc12. The Bertz CT molecular complexity index is 642.